The van der Waals surface area contributed by atoms with Gasteiger partial charge in [-0.2, -0.15) is 0 Å². The minimum Gasteiger partial charge on any atom is -0.358 e. The van der Waals surface area contributed by atoms with Crippen LogP contribution in [0.15, 0.2) is 36.4 Å². The number of likely N-dealkylation sites (tertiary alicyclic amines) is 1. The molecule has 1 aromatic rings. The molecule has 3 nitrogen and oxygen atoms in total. The number of carbonyl (C=O) groups is 1. The molecular formula is C17H21FN2O. The van der Waals surface area contributed by atoms with Crippen molar-refractivity contribution in [2.45, 2.75) is 37.5 Å². The Hall–Kier alpha value is -1.68. The molecule has 21 heavy (non-hydrogen) atoms. The highest BCUT2D eigenvalue weighted by atomic mass is 19.1. The molecule has 0 radical (unpaired) electrons. The minimum absolute atomic E-state index is 0.0201. The van der Waals surface area contributed by atoms with Crippen LogP contribution in [-0.2, 0) is 16.8 Å². The molecule has 1 amide bonds. The van der Waals surface area contributed by atoms with E-state index in [2.05, 4.69) is 5.32 Å². The number of rotatable bonds is 4. The van der Waals surface area contributed by atoms with Gasteiger partial charge in [0.1, 0.15) is 0 Å². The van der Waals surface area contributed by atoms with Gasteiger partial charge < -0.3 is 5.32 Å². The summed E-state index contributed by atoms with van der Waals surface area (Å²) in [6, 6.07) is 8.00. The van der Waals surface area contributed by atoms with Crippen LogP contribution in [-0.4, -0.2) is 30.7 Å². The van der Waals surface area contributed by atoms with Crippen LogP contribution in [0.1, 0.15) is 30.4 Å². The van der Waals surface area contributed by atoms with E-state index in [1.807, 2.05) is 41.3 Å². The number of hydrogen-bond acceptors (Lipinski definition) is 2. The highest BCUT2D eigenvalue weighted by Gasteiger charge is 2.40. The zero-order chi connectivity index (χ0) is 14.9. The topological polar surface area (TPSA) is 32.3 Å². The fourth-order valence-corrected chi connectivity index (χ4v) is 3.24. The van der Waals surface area contributed by atoms with Crippen LogP contribution >= 0.6 is 0 Å². The first-order valence-corrected chi connectivity index (χ1v) is 7.53. The predicted molar refractivity (Wildman–Crippen MR) is 80.5 cm³/mol. The predicted octanol–water partition coefficient (Wildman–Crippen LogP) is 2.52. The number of halogens is 1. The van der Waals surface area contributed by atoms with Gasteiger partial charge in [0.2, 0.25) is 5.91 Å². The molecule has 1 saturated heterocycles. The molecule has 2 aliphatic rings. The van der Waals surface area contributed by atoms with Crippen molar-refractivity contribution in [2.24, 2.45) is 0 Å². The van der Waals surface area contributed by atoms with Crippen LogP contribution in [0.5, 0.6) is 0 Å². The van der Waals surface area contributed by atoms with Crippen molar-refractivity contribution in [3.8, 4) is 0 Å². The van der Waals surface area contributed by atoms with Crippen molar-refractivity contribution in [1.82, 2.24) is 10.2 Å². The van der Waals surface area contributed by atoms with Crippen LogP contribution < -0.4 is 5.32 Å². The third kappa shape index (κ3) is 2.48. The number of alkyl halides is 1. The number of nitrogens with zero attached hydrogens (tertiary/aromatic N) is 1. The first-order chi connectivity index (χ1) is 10.2. The van der Waals surface area contributed by atoms with Gasteiger partial charge in [0.05, 0.1) is 5.41 Å². The highest BCUT2D eigenvalue weighted by Crippen LogP contribution is 2.38. The molecule has 0 aromatic heterocycles. The summed E-state index contributed by atoms with van der Waals surface area (Å²) in [5.41, 5.74) is 1.53. The number of benzene rings is 1. The summed E-state index contributed by atoms with van der Waals surface area (Å²) in [7, 11) is 1.66. The van der Waals surface area contributed by atoms with Gasteiger partial charge in [-0.15, -0.1) is 0 Å². The van der Waals surface area contributed by atoms with Gasteiger partial charge in [0, 0.05) is 20.1 Å². The van der Waals surface area contributed by atoms with Gasteiger partial charge in [0.25, 0.3) is 0 Å². The average Bonchev–Trinajstić information content (AvgIpc) is 2.83. The van der Waals surface area contributed by atoms with E-state index in [0.29, 0.717) is 13.0 Å². The lowest BCUT2D eigenvalue weighted by molar-refractivity contribution is -0.125. The van der Waals surface area contributed by atoms with Crippen LogP contribution in [0.25, 0.3) is 0 Å². The van der Waals surface area contributed by atoms with Gasteiger partial charge in [-0.1, -0.05) is 36.4 Å². The number of nitrogens with one attached hydrogen (secondary N) is 1. The fraction of sp³-hybridized carbons (Fsp3) is 0.471. The Balaban J connectivity index is 1.83. The Labute approximate surface area is 124 Å². The lowest BCUT2D eigenvalue weighted by Crippen LogP contribution is -2.44. The molecule has 1 fully saturated rings. The molecule has 1 aliphatic carbocycles. The van der Waals surface area contributed by atoms with E-state index in [1.54, 1.807) is 7.05 Å². The smallest absolute Gasteiger partial charge is 0.234 e. The summed E-state index contributed by atoms with van der Waals surface area (Å²) in [5.74, 6) is 0.0201. The van der Waals surface area contributed by atoms with Crippen LogP contribution in [0.2, 0.25) is 0 Å². The second-order valence-corrected chi connectivity index (χ2v) is 5.90. The van der Waals surface area contributed by atoms with E-state index < -0.39 is 11.7 Å². The Morgan fingerprint density at radius 3 is 2.90 bits per heavy atom. The van der Waals surface area contributed by atoms with Crippen molar-refractivity contribution in [2.75, 3.05) is 13.6 Å². The van der Waals surface area contributed by atoms with Gasteiger partial charge in [0.15, 0.2) is 6.30 Å². The third-order valence-corrected chi connectivity index (χ3v) is 4.59. The summed E-state index contributed by atoms with van der Waals surface area (Å²) in [6.07, 6.45) is 5.42. The van der Waals surface area contributed by atoms with E-state index in [-0.39, 0.29) is 5.91 Å². The molecule has 3 rings (SSSR count). The summed E-state index contributed by atoms with van der Waals surface area (Å²) in [6.45, 7) is 1.43. The van der Waals surface area contributed by atoms with E-state index in [9.17, 15) is 9.18 Å². The Morgan fingerprint density at radius 1 is 1.52 bits per heavy atom. The molecule has 112 valence electrons. The quantitative estimate of drug-likeness (QED) is 0.682. The van der Waals surface area contributed by atoms with Crippen molar-refractivity contribution >= 4 is 5.91 Å². The molecule has 1 heterocycles. The van der Waals surface area contributed by atoms with Crippen LogP contribution in [0.3, 0.4) is 0 Å². The maximum atomic E-state index is 13.7. The number of hydrogen-bond donors (Lipinski definition) is 1. The number of amides is 1. The largest absolute Gasteiger partial charge is 0.358 e. The summed E-state index contributed by atoms with van der Waals surface area (Å²) < 4.78 is 13.7. The van der Waals surface area contributed by atoms with Crippen LogP contribution in [0, 0.1) is 0 Å². The highest BCUT2D eigenvalue weighted by molar-refractivity contribution is 5.92. The molecular weight excluding hydrogens is 267 g/mol. The SMILES string of the molecule is CNC(=O)C1(c2cccc(CN3CCCC3F)c2)C=CC1. The molecule has 1 N–H and O–H groups in total. The zero-order valence-corrected chi connectivity index (χ0v) is 12.3. The normalized spacial score (nSPS) is 28.4. The molecule has 2 atom stereocenters. The third-order valence-electron chi connectivity index (χ3n) is 4.59. The number of likely N-dealkylation sites (N-methyl/N-ethyl adjacent to an activating group) is 1. The lowest BCUT2D eigenvalue weighted by Gasteiger charge is -2.34. The summed E-state index contributed by atoms with van der Waals surface area (Å²) in [4.78, 5) is 14.1. The monoisotopic (exact) mass is 288 g/mol. The summed E-state index contributed by atoms with van der Waals surface area (Å²) >= 11 is 0. The van der Waals surface area contributed by atoms with Gasteiger partial charge >= 0.3 is 0 Å². The van der Waals surface area contributed by atoms with E-state index >= 15 is 0 Å². The number of allylic oxidation sites excluding steroid dienone is 1. The second-order valence-electron chi connectivity index (χ2n) is 5.90. The van der Waals surface area contributed by atoms with Gasteiger partial charge in [-0.25, -0.2) is 4.39 Å². The maximum Gasteiger partial charge on any atom is 0.234 e. The zero-order valence-electron chi connectivity index (χ0n) is 12.3. The Kier molecular flexibility index (Phi) is 3.81. The van der Waals surface area contributed by atoms with Crippen LogP contribution in [0.4, 0.5) is 4.39 Å². The minimum atomic E-state index is -0.829. The Bertz CT molecular complexity index is 572. The van der Waals surface area contributed by atoms with E-state index in [0.717, 1.165) is 30.5 Å². The molecule has 4 heteroatoms. The van der Waals surface area contributed by atoms with Gasteiger partial charge in [-0.05, 0) is 30.4 Å². The Morgan fingerprint density at radius 2 is 2.33 bits per heavy atom. The summed E-state index contributed by atoms with van der Waals surface area (Å²) in [5, 5.41) is 2.75. The lowest BCUT2D eigenvalue weighted by atomic mass is 9.70. The first-order valence-electron chi connectivity index (χ1n) is 7.53. The van der Waals surface area contributed by atoms with Crippen molar-refractivity contribution in [3.63, 3.8) is 0 Å². The molecule has 0 bridgehead atoms. The molecule has 0 saturated carbocycles. The van der Waals surface area contributed by atoms with Gasteiger partial charge in [-0.3, -0.25) is 9.69 Å². The fourth-order valence-electron chi connectivity index (χ4n) is 3.24. The maximum absolute atomic E-state index is 13.7. The second kappa shape index (κ2) is 5.60. The molecule has 2 unspecified atom stereocenters. The van der Waals surface area contributed by atoms with E-state index in [1.165, 1.54) is 0 Å². The van der Waals surface area contributed by atoms with Crippen molar-refractivity contribution in [1.29, 1.82) is 0 Å². The standard InChI is InChI=1S/C17H21FN2O/c1-19-16(21)17(8-4-9-17)14-6-2-5-13(11-14)12-20-10-3-7-15(20)18/h2,4-6,8,11,15H,3,7,9-10,12H2,1H3,(H,19,21). The van der Waals surface area contributed by atoms with Crippen molar-refractivity contribution < 1.29 is 9.18 Å². The van der Waals surface area contributed by atoms with E-state index in [4.69, 9.17) is 0 Å². The number of carbonyl (C=O) groups excluding carboxylic acids is 1. The average molecular weight is 288 g/mol. The van der Waals surface area contributed by atoms with Crippen molar-refractivity contribution in [3.05, 3.63) is 47.5 Å². The first kappa shape index (κ1) is 14.3. The molecule has 1 aliphatic heterocycles. The molecule has 0 spiro atoms. The molecule has 1 aromatic carbocycles.